The summed E-state index contributed by atoms with van der Waals surface area (Å²) in [6, 6.07) is 11.0. The van der Waals surface area contributed by atoms with Gasteiger partial charge in [0.2, 0.25) is 0 Å². The highest BCUT2D eigenvalue weighted by atomic mass is 35.5. The Kier molecular flexibility index (Phi) is 7.81. The Bertz CT molecular complexity index is 733. The summed E-state index contributed by atoms with van der Waals surface area (Å²) in [5.41, 5.74) is 0.519. The number of hydrogen-bond donors (Lipinski definition) is 2. The van der Waals surface area contributed by atoms with E-state index in [0.29, 0.717) is 17.0 Å². The molecule has 7 heteroatoms. The van der Waals surface area contributed by atoms with Crippen molar-refractivity contribution in [2.75, 3.05) is 6.54 Å². The molecule has 0 bridgehead atoms. The molecule has 0 radical (unpaired) electrons. The zero-order chi connectivity index (χ0) is 18.2. The van der Waals surface area contributed by atoms with E-state index in [4.69, 9.17) is 16.7 Å². The molecule has 0 aliphatic rings. The van der Waals surface area contributed by atoms with Gasteiger partial charge in [0.05, 0.1) is 9.90 Å². The summed E-state index contributed by atoms with van der Waals surface area (Å²) in [4.78, 5) is 25.3. The van der Waals surface area contributed by atoms with Crippen LogP contribution in [0.15, 0.2) is 41.3 Å². The molecule has 1 unspecified atom stereocenters. The minimum atomic E-state index is -0.895. The molecule has 0 saturated heterocycles. The van der Waals surface area contributed by atoms with E-state index < -0.39 is 11.2 Å². The Morgan fingerprint density at radius 3 is 2.68 bits per heavy atom. The molecule has 1 amide bonds. The molecule has 134 valence electrons. The Balaban J connectivity index is 1.81. The summed E-state index contributed by atoms with van der Waals surface area (Å²) in [7, 11) is 0. The van der Waals surface area contributed by atoms with Crippen LogP contribution in [0.2, 0.25) is 4.34 Å². The standard InChI is InChI=1S/C18H20ClNO3S2/c1-12(18(22)23)24-15-8-3-2-7-14(15)17(21)20-11-5-4-6-13-9-10-16(19)25-13/h2-3,7-10,12H,4-6,11H2,1H3,(H,20,21)(H,22,23). The van der Waals surface area contributed by atoms with E-state index >= 15 is 0 Å². The molecule has 0 aliphatic heterocycles. The van der Waals surface area contributed by atoms with E-state index in [9.17, 15) is 9.59 Å². The van der Waals surface area contributed by atoms with Crippen molar-refractivity contribution in [2.24, 2.45) is 0 Å². The van der Waals surface area contributed by atoms with Crippen LogP contribution in [-0.2, 0) is 11.2 Å². The number of nitrogens with one attached hydrogen (secondary N) is 1. The van der Waals surface area contributed by atoms with Gasteiger partial charge in [0, 0.05) is 16.3 Å². The second-order valence-electron chi connectivity index (χ2n) is 5.51. The van der Waals surface area contributed by atoms with Crippen molar-refractivity contribution in [1.29, 1.82) is 0 Å². The molecule has 4 nitrogen and oxygen atoms in total. The van der Waals surface area contributed by atoms with Crippen LogP contribution in [0.4, 0.5) is 0 Å². The lowest BCUT2D eigenvalue weighted by Crippen LogP contribution is -2.25. The van der Waals surface area contributed by atoms with E-state index in [-0.39, 0.29) is 5.91 Å². The average molecular weight is 398 g/mol. The summed E-state index contributed by atoms with van der Waals surface area (Å²) in [5.74, 6) is -1.06. The molecule has 1 aromatic carbocycles. The molecule has 1 heterocycles. The fraction of sp³-hybridized carbons (Fsp3) is 0.333. The first-order chi connectivity index (χ1) is 12.0. The predicted molar refractivity (Wildman–Crippen MR) is 104 cm³/mol. The monoisotopic (exact) mass is 397 g/mol. The molecule has 1 aromatic heterocycles. The number of carboxylic acid groups (broad SMARTS) is 1. The molecule has 0 aliphatic carbocycles. The van der Waals surface area contributed by atoms with Crippen LogP contribution in [0.1, 0.15) is 35.0 Å². The van der Waals surface area contributed by atoms with Crippen molar-refractivity contribution < 1.29 is 14.7 Å². The van der Waals surface area contributed by atoms with Gasteiger partial charge in [-0.15, -0.1) is 23.1 Å². The van der Waals surface area contributed by atoms with E-state index in [1.807, 2.05) is 12.1 Å². The van der Waals surface area contributed by atoms with Crippen molar-refractivity contribution >= 4 is 46.6 Å². The van der Waals surface area contributed by atoms with Gasteiger partial charge in [-0.05, 0) is 50.5 Å². The number of halogens is 1. The third-order valence-corrected chi connectivity index (χ3v) is 6.00. The molecule has 2 rings (SSSR count). The normalized spacial score (nSPS) is 11.9. The topological polar surface area (TPSA) is 66.4 Å². The summed E-state index contributed by atoms with van der Waals surface area (Å²) in [5, 5.41) is 11.3. The fourth-order valence-corrected chi connectivity index (χ4v) is 4.26. The van der Waals surface area contributed by atoms with Gasteiger partial charge in [0.25, 0.3) is 5.91 Å². The SMILES string of the molecule is CC(Sc1ccccc1C(=O)NCCCCc1ccc(Cl)s1)C(=O)O. The lowest BCUT2D eigenvalue weighted by Gasteiger charge is -2.11. The van der Waals surface area contributed by atoms with E-state index in [2.05, 4.69) is 5.32 Å². The molecule has 0 saturated carbocycles. The number of hydrogen-bond acceptors (Lipinski definition) is 4. The summed E-state index contributed by atoms with van der Waals surface area (Å²) < 4.78 is 0.799. The number of unbranched alkanes of at least 4 members (excludes halogenated alkanes) is 1. The zero-order valence-electron chi connectivity index (χ0n) is 13.8. The van der Waals surface area contributed by atoms with Crippen molar-refractivity contribution in [2.45, 2.75) is 36.3 Å². The first-order valence-electron chi connectivity index (χ1n) is 7.98. The van der Waals surface area contributed by atoms with Gasteiger partial charge >= 0.3 is 5.97 Å². The number of aliphatic carboxylic acids is 1. The summed E-state index contributed by atoms with van der Waals surface area (Å²) in [6.45, 7) is 2.20. The molecular formula is C18H20ClNO3S2. The fourth-order valence-electron chi connectivity index (χ4n) is 2.21. The van der Waals surface area contributed by atoms with Gasteiger partial charge in [-0.3, -0.25) is 9.59 Å². The van der Waals surface area contributed by atoms with Gasteiger partial charge in [-0.1, -0.05) is 23.7 Å². The second kappa shape index (κ2) is 9.85. The smallest absolute Gasteiger partial charge is 0.316 e. The van der Waals surface area contributed by atoms with Crippen LogP contribution >= 0.6 is 34.7 Å². The number of benzene rings is 1. The number of thiophene rings is 1. The quantitative estimate of drug-likeness (QED) is 0.474. The predicted octanol–water partition coefficient (Wildman–Crippen LogP) is 4.72. The Morgan fingerprint density at radius 1 is 1.24 bits per heavy atom. The third-order valence-electron chi connectivity index (χ3n) is 3.55. The van der Waals surface area contributed by atoms with Crippen LogP contribution in [0.3, 0.4) is 0 Å². The number of aryl methyl sites for hydroxylation is 1. The summed E-state index contributed by atoms with van der Waals surface area (Å²) in [6.07, 6.45) is 2.81. The van der Waals surface area contributed by atoms with Gasteiger partial charge < -0.3 is 10.4 Å². The number of amides is 1. The maximum Gasteiger partial charge on any atom is 0.316 e. The lowest BCUT2D eigenvalue weighted by atomic mass is 10.2. The maximum absolute atomic E-state index is 12.4. The molecule has 1 atom stereocenters. The molecular weight excluding hydrogens is 378 g/mol. The molecule has 0 fully saturated rings. The number of carbonyl (C=O) groups is 2. The molecule has 0 spiro atoms. The van der Waals surface area contributed by atoms with E-state index in [0.717, 1.165) is 23.6 Å². The minimum absolute atomic E-state index is 0.167. The highest BCUT2D eigenvalue weighted by Crippen LogP contribution is 2.27. The first-order valence-corrected chi connectivity index (χ1v) is 10.1. The minimum Gasteiger partial charge on any atom is -0.480 e. The number of carbonyl (C=O) groups excluding carboxylic acids is 1. The number of carboxylic acids is 1. The van der Waals surface area contributed by atoms with Crippen molar-refractivity contribution in [1.82, 2.24) is 5.32 Å². The van der Waals surface area contributed by atoms with Crippen LogP contribution in [0.25, 0.3) is 0 Å². The van der Waals surface area contributed by atoms with E-state index in [1.165, 1.54) is 16.6 Å². The van der Waals surface area contributed by atoms with Crippen LogP contribution in [0, 0.1) is 0 Å². The van der Waals surface area contributed by atoms with Crippen molar-refractivity contribution in [3.05, 3.63) is 51.2 Å². The Hall–Kier alpha value is -1.50. The molecule has 2 aromatic rings. The van der Waals surface area contributed by atoms with Gasteiger partial charge in [0.15, 0.2) is 0 Å². The number of rotatable bonds is 9. The van der Waals surface area contributed by atoms with Gasteiger partial charge in [-0.2, -0.15) is 0 Å². The first kappa shape index (κ1) is 19.8. The third kappa shape index (κ3) is 6.38. The number of thioether (sulfide) groups is 1. The lowest BCUT2D eigenvalue weighted by molar-refractivity contribution is -0.136. The highest BCUT2D eigenvalue weighted by Gasteiger charge is 2.17. The largest absolute Gasteiger partial charge is 0.480 e. The van der Waals surface area contributed by atoms with E-state index in [1.54, 1.807) is 42.5 Å². The van der Waals surface area contributed by atoms with Crippen LogP contribution < -0.4 is 5.32 Å². The molecule has 2 N–H and O–H groups in total. The summed E-state index contributed by atoms with van der Waals surface area (Å²) >= 11 is 8.67. The van der Waals surface area contributed by atoms with Crippen LogP contribution in [0.5, 0.6) is 0 Å². The Morgan fingerprint density at radius 2 is 2.00 bits per heavy atom. The van der Waals surface area contributed by atoms with Crippen LogP contribution in [-0.4, -0.2) is 28.8 Å². The average Bonchev–Trinajstić information content (AvgIpc) is 3.00. The highest BCUT2D eigenvalue weighted by molar-refractivity contribution is 8.00. The Labute approximate surface area is 160 Å². The van der Waals surface area contributed by atoms with Crippen molar-refractivity contribution in [3.63, 3.8) is 0 Å². The van der Waals surface area contributed by atoms with Crippen molar-refractivity contribution in [3.8, 4) is 0 Å². The zero-order valence-corrected chi connectivity index (χ0v) is 16.2. The van der Waals surface area contributed by atoms with Gasteiger partial charge in [-0.25, -0.2) is 0 Å². The molecule has 25 heavy (non-hydrogen) atoms. The van der Waals surface area contributed by atoms with Gasteiger partial charge in [0.1, 0.15) is 5.25 Å². The maximum atomic E-state index is 12.4. The second-order valence-corrected chi connectivity index (χ2v) is 8.70.